The molecule has 1 N–H and O–H groups in total. The third-order valence-corrected chi connectivity index (χ3v) is 3.43. The van der Waals surface area contributed by atoms with E-state index in [2.05, 4.69) is 60.5 Å². The van der Waals surface area contributed by atoms with Gasteiger partial charge in [0.15, 0.2) is 0 Å². The van der Waals surface area contributed by atoms with Gasteiger partial charge in [-0.2, -0.15) is 0 Å². The van der Waals surface area contributed by atoms with Crippen molar-refractivity contribution in [1.29, 1.82) is 0 Å². The third-order valence-electron chi connectivity index (χ3n) is 3.43. The van der Waals surface area contributed by atoms with Gasteiger partial charge in [-0.05, 0) is 42.6 Å². The van der Waals surface area contributed by atoms with Crippen LogP contribution in [0.1, 0.15) is 49.6 Å². The first-order valence-corrected chi connectivity index (χ1v) is 7.58. The lowest BCUT2D eigenvalue weighted by atomic mass is 10.00. The van der Waals surface area contributed by atoms with Gasteiger partial charge < -0.3 is 5.32 Å². The van der Waals surface area contributed by atoms with E-state index in [1.807, 2.05) is 12.3 Å². The maximum Gasteiger partial charge on any atom is 0.0751 e. The number of rotatable bonds is 7. The summed E-state index contributed by atoms with van der Waals surface area (Å²) in [7, 11) is 0. The molecule has 106 valence electrons. The van der Waals surface area contributed by atoms with Crippen LogP contribution in [-0.2, 0) is 6.42 Å². The smallest absolute Gasteiger partial charge is 0.0751 e. The van der Waals surface area contributed by atoms with Crippen molar-refractivity contribution in [2.45, 2.75) is 39.2 Å². The molecule has 1 aromatic heterocycles. The quantitative estimate of drug-likeness (QED) is 0.817. The first-order chi connectivity index (χ1) is 9.85. The molecule has 0 aliphatic rings. The molecular weight excluding hydrogens is 244 g/mol. The third kappa shape index (κ3) is 3.91. The van der Waals surface area contributed by atoms with E-state index < -0.39 is 0 Å². The molecule has 0 radical (unpaired) electrons. The lowest BCUT2D eigenvalue weighted by Gasteiger charge is -2.19. The highest BCUT2D eigenvalue weighted by Gasteiger charge is 2.13. The summed E-state index contributed by atoms with van der Waals surface area (Å²) < 4.78 is 0. The van der Waals surface area contributed by atoms with Crippen LogP contribution >= 0.6 is 0 Å². The second-order valence-corrected chi connectivity index (χ2v) is 5.13. The predicted molar refractivity (Wildman–Crippen MR) is 84.8 cm³/mol. The number of benzene rings is 1. The van der Waals surface area contributed by atoms with E-state index in [1.54, 1.807) is 0 Å². The standard InChI is InChI=1S/C18H24N2/c1-3-7-15-9-11-16(12-10-15)18(20-13-4-2)17-8-5-6-14-19-17/h5-6,8-12,14,18,20H,3-4,7,13H2,1-2H3. The average molecular weight is 268 g/mol. The number of pyridine rings is 1. The van der Waals surface area contributed by atoms with E-state index >= 15 is 0 Å². The van der Waals surface area contributed by atoms with Gasteiger partial charge in [-0.1, -0.05) is 50.6 Å². The van der Waals surface area contributed by atoms with E-state index in [0.717, 1.165) is 25.1 Å². The molecule has 1 aromatic carbocycles. The van der Waals surface area contributed by atoms with Crippen molar-refractivity contribution < 1.29 is 0 Å². The monoisotopic (exact) mass is 268 g/mol. The fourth-order valence-electron chi connectivity index (χ4n) is 2.39. The minimum atomic E-state index is 0.187. The number of nitrogens with zero attached hydrogens (tertiary/aromatic N) is 1. The minimum absolute atomic E-state index is 0.187. The summed E-state index contributed by atoms with van der Waals surface area (Å²) >= 11 is 0. The summed E-state index contributed by atoms with van der Waals surface area (Å²) in [6.07, 6.45) is 5.33. The zero-order chi connectivity index (χ0) is 14.2. The molecule has 2 nitrogen and oxygen atoms in total. The van der Waals surface area contributed by atoms with Gasteiger partial charge in [-0.3, -0.25) is 4.98 Å². The molecular formula is C18H24N2. The SMILES string of the molecule is CCCNC(c1ccc(CCC)cc1)c1ccccn1. The van der Waals surface area contributed by atoms with Crippen molar-refractivity contribution >= 4 is 0 Å². The van der Waals surface area contributed by atoms with E-state index in [9.17, 15) is 0 Å². The van der Waals surface area contributed by atoms with Crippen LogP contribution in [0.25, 0.3) is 0 Å². The highest BCUT2D eigenvalue weighted by Crippen LogP contribution is 2.21. The number of aromatic nitrogens is 1. The second-order valence-electron chi connectivity index (χ2n) is 5.13. The number of aryl methyl sites for hydroxylation is 1. The summed E-state index contributed by atoms with van der Waals surface area (Å²) in [6.45, 7) is 5.40. The van der Waals surface area contributed by atoms with Crippen LogP contribution in [0, 0.1) is 0 Å². The Morgan fingerprint density at radius 2 is 1.80 bits per heavy atom. The van der Waals surface area contributed by atoms with Crippen molar-refractivity contribution in [2.24, 2.45) is 0 Å². The Labute approximate surface area is 122 Å². The van der Waals surface area contributed by atoms with Crippen LogP contribution in [0.15, 0.2) is 48.7 Å². The van der Waals surface area contributed by atoms with Gasteiger partial charge in [-0.25, -0.2) is 0 Å². The highest BCUT2D eigenvalue weighted by atomic mass is 14.9. The minimum Gasteiger partial charge on any atom is -0.305 e. The fourth-order valence-corrected chi connectivity index (χ4v) is 2.39. The van der Waals surface area contributed by atoms with Crippen LogP contribution in [0.3, 0.4) is 0 Å². The van der Waals surface area contributed by atoms with E-state index in [-0.39, 0.29) is 6.04 Å². The van der Waals surface area contributed by atoms with Gasteiger partial charge in [0.25, 0.3) is 0 Å². The molecule has 1 heterocycles. The van der Waals surface area contributed by atoms with Crippen molar-refractivity contribution in [1.82, 2.24) is 10.3 Å². The Morgan fingerprint density at radius 1 is 1.00 bits per heavy atom. The van der Waals surface area contributed by atoms with Crippen molar-refractivity contribution in [2.75, 3.05) is 6.54 Å². The van der Waals surface area contributed by atoms with E-state index in [4.69, 9.17) is 0 Å². The van der Waals surface area contributed by atoms with E-state index in [1.165, 1.54) is 17.5 Å². The van der Waals surface area contributed by atoms with Crippen molar-refractivity contribution in [3.05, 3.63) is 65.5 Å². The van der Waals surface area contributed by atoms with Crippen LogP contribution in [0.5, 0.6) is 0 Å². The normalized spacial score (nSPS) is 12.3. The molecule has 0 aliphatic carbocycles. The molecule has 20 heavy (non-hydrogen) atoms. The van der Waals surface area contributed by atoms with Crippen LogP contribution in [-0.4, -0.2) is 11.5 Å². The lowest BCUT2D eigenvalue weighted by Crippen LogP contribution is -2.24. The predicted octanol–water partition coefficient (Wildman–Crippen LogP) is 4.12. The fraction of sp³-hybridized carbons (Fsp3) is 0.389. The molecule has 0 saturated carbocycles. The number of hydrogen-bond donors (Lipinski definition) is 1. The molecule has 0 fully saturated rings. The second kappa shape index (κ2) is 7.81. The Hall–Kier alpha value is -1.67. The number of hydrogen-bond acceptors (Lipinski definition) is 2. The molecule has 1 atom stereocenters. The Balaban J connectivity index is 2.22. The number of nitrogens with one attached hydrogen (secondary N) is 1. The maximum absolute atomic E-state index is 4.50. The maximum atomic E-state index is 4.50. The zero-order valence-electron chi connectivity index (χ0n) is 12.5. The molecule has 0 spiro atoms. The van der Waals surface area contributed by atoms with Gasteiger partial charge >= 0.3 is 0 Å². The summed E-state index contributed by atoms with van der Waals surface area (Å²) in [4.78, 5) is 4.50. The highest BCUT2D eigenvalue weighted by molar-refractivity contribution is 5.30. The van der Waals surface area contributed by atoms with Crippen LogP contribution in [0.2, 0.25) is 0 Å². The Morgan fingerprint density at radius 3 is 2.40 bits per heavy atom. The molecule has 2 aromatic rings. The molecule has 1 unspecified atom stereocenters. The average Bonchev–Trinajstić information content (AvgIpc) is 2.51. The summed E-state index contributed by atoms with van der Waals surface area (Å²) in [6, 6.07) is 15.2. The molecule has 0 amide bonds. The molecule has 0 saturated heterocycles. The molecule has 2 rings (SSSR count). The van der Waals surface area contributed by atoms with Gasteiger partial charge in [0, 0.05) is 6.20 Å². The van der Waals surface area contributed by atoms with Crippen molar-refractivity contribution in [3.8, 4) is 0 Å². The van der Waals surface area contributed by atoms with Gasteiger partial charge in [0.05, 0.1) is 11.7 Å². The molecule has 0 aliphatic heterocycles. The Kier molecular flexibility index (Phi) is 5.75. The summed E-state index contributed by atoms with van der Waals surface area (Å²) in [5.41, 5.74) is 3.78. The summed E-state index contributed by atoms with van der Waals surface area (Å²) in [5.74, 6) is 0. The van der Waals surface area contributed by atoms with Gasteiger partial charge in [0.1, 0.15) is 0 Å². The van der Waals surface area contributed by atoms with Crippen LogP contribution in [0.4, 0.5) is 0 Å². The Bertz CT molecular complexity index is 491. The first-order valence-electron chi connectivity index (χ1n) is 7.58. The van der Waals surface area contributed by atoms with Crippen molar-refractivity contribution in [3.63, 3.8) is 0 Å². The largest absolute Gasteiger partial charge is 0.305 e. The van der Waals surface area contributed by atoms with Crippen LogP contribution < -0.4 is 5.32 Å². The topological polar surface area (TPSA) is 24.9 Å². The first kappa shape index (κ1) is 14.7. The molecule has 0 bridgehead atoms. The zero-order valence-corrected chi connectivity index (χ0v) is 12.5. The van der Waals surface area contributed by atoms with E-state index in [0.29, 0.717) is 0 Å². The lowest BCUT2D eigenvalue weighted by molar-refractivity contribution is 0.586. The van der Waals surface area contributed by atoms with Gasteiger partial charge in [0.2, 0.25) is 0 Å². The van der Waals surface area contributed by atoms with Gasteiger partial charge in [-0.15, -0.1) is 0 Å². The molecule has 2 heteroatoms. The summed E-state index contributed by atoms with van der Waals surface area (Å²) in [5, 5.41) is 3.59.